The number of hydrogen-bond acceptors (Lipinski definition) is 4. The molecule has 0 radical (unpaired) electrons. The number of methoxy groups -OCH3 is 1. The van der Waals surface area contributed by atoms with Crippen molar-refractivity contribution < 1.29 is 4.74 Å². The fourth-order valence-corrected chi connectivity index (χ4v) is 3.66. The first kappa shape index (κ1) is 16.6. The van der Waals surface area contributed by atoms with Gasteiger partial charge in [0.2, 0.25) is 0 Å². The van der Waals surface area contributed by atoms with Crippen LogP contribution in [0.2, 0.25) is 0 Å². The van der Waals surface area contributed by atoms with Gasteiger partial charge < -0.3 is 15.4 Å². The maximum absolute atomic E-state index is 6.01. The minimum atomic E-state index is 0.473. The summed E-state index contributed by atoms with van der Waals surface area (Å²) in [6.45, 7) is 3.86. The molecule has 1 fully saturated rings. The Morgan fingerprint density at radius 1 is 1.52 bits per heavy atom. The molecule has 2 N–H and O–H groups in total. The Hall–Kier alpha value is -0.780. The Morgan fingerprint density at radius 2 is 2.24 bits per heavy atom. The van der Waals surface area contributed by atoms with Gasteiger partial charge in [-0.05, 0) is 44.1 Å². The number of ether oxygens (including phenoxy) is 1. The molecule has 1 aromatic rings. The number of rotatable bonds is 8. The monoisotopic (exact) mass is 324 g/mol. The Balaban J connectivity index is 2.40. The number of anilines is 1. The van der Waals surface area contributed by atoms with Gasteiger partial charge in [0.1, 0.15) is 4.99 Å². The lowest BCUT2D eigenvalue weighted by Gasteiger charge is -2.33. The summed E-state index contributed by atoms with van der Waals surface area (Å²) in [5, 5.41) is 0. The van der Waals surface area contributed by atoms with Gasteiger partial charge in [0, 0.05) is 35.8 Å². The number of nitrogens with zero attached hydrogens (tertiary/aromatic N) is 1. The smallest absolute Gasteiger partial charge is 0.107 e. The van der Waals surface area contributed by atoms with E-state index in [1.807, 2.05) is 0 Å². The van der Waals surface area contributed by atoms with E-state index >= 15 is 0 Å². The van der Waals surface area contributed by atoms with Crippen LogP contribution in [0.15, 0.2) is 23.1 Å². The van der Waals surface area contributed by atoms with Crippen LogP contribution in [0.3, 0.4) is 0 Å². The second kappa shape index (κ2) is 7.47. The van der Waals surface area contributed by atoms with Crippen molar-refractivity contribution in [1.82, 2.24) is 0 Å². The molecule has 1 aromatic carbocycles. The van der Waals surface area contributed by atoms with E-state index in [1.165, 1.54) is 12.8 Å². The molecule has 1 atom stereocenters. The number of nitrogens with two attached hydrogens (primary N) is 1. The van der Waals surface area contributed by atoms with Gasteiger partial charge in [-0.3, -0.25) is 0 Å². The highest BCUT2D eigenvalue weighted by atomic mass is 32.2. The van der Waals surface area contributed by atoms with Gasteiger partial charge in [0.15, 0.2) is 0 Å². The van der Waals surface area contributed by atoms with Crippen LogP contribution in [0.5, 0.6) is 0 Å². The van der Waals surface area contributed by atoms with Crippen LogP contribution in [0.1, 0.15) is 25.3 Å². The predicted molar refractivity (Wildman–Crippen MR) is 95.5 cm³/mol. The van der Waals surface area contributed by atoms with E-state index in [0.29, 0.717) is 17.6 Å². The van der Waals surface area contributed by atoms with E-state index in [2.05, 4.69) is 36.3 Å². The van der Waals surface area contributed by atoms with E-state index in [1.54, 1.807) is 18.9 Å². The quantitative estimate of drug-likeness (QED) is 0.587. The molecule has 0 amide bonds. The van der Waals surface area contributed by atoms with E-state index in [4.69, 9.17) is 22.7 Å². The zero-order chi connectivity index (χ0) is 15.4. The summed E-state index contributed by atoms with van der Waals surface area (Å²) in [6.07, 6.45) is 4.69. The highest BCUT2D eigenvalue weighted by molar-refractivity contribution is 7.98. The first-order valence-electron chi connectivity index (χ1n) is 7.32. The third-order valence-electron chi connectivity index (χ3n) is 4.11. The maximum atomic E-state index is 6.01. The normalized spacial score (nSPS) is 15.8. The van der Waals surface area contributed by atoms with Crippen molar-refractivity contribution in [3.63, 3.8) is 0 Å². The SMILES string of the molecule is COCCN(c1cccc(SC)c1C(N)=S)C(C)C1CC1. The van der Waals surface area contributed by atoms with Crippen LogP contribution in [-0.4, -0.2) is 37.5 Å². The topological polar surface area (TPSA) is 38.5 Å². The second-order valence-corrected chi connectivity index (χ2v) is 6.77. The van der Waals surface area contributed by atoms with Gasteiger partial charge in [-0.15, -0.1) is 11.8 Å². The fraction of sp³-hybridized carbons (Fsp3) is 0.562. The summed E-state index contributed by atoms with van der Waals surface area (Å²) in [4.78, 5) is 4.03. The summed E-state index contributed by atoms with van der Waals surface area (Å²) in [5.41, 5.74) is 8.16. The van der Waals surface area contributed by atoms with Crippen LogP contribution in [0, 0.1) is 5.92 Å². The Kier molecular flexibility index (Phi) is 5.90. The number of thioether (sulfide) groups is 1. The molecule has 21 heavy (non-hydrogen) atoms. The third-order valence-corrected chi connectivity index (χ3v) is 5.10. The van der Waals surface area contributed by atoms with Crippen molar-refractivity contribution in [2.24, 2.45) is 11.7 Å². The van der Waals surface area contributed by atoms with Crippen molar-refractivity contribution >= 4 is 34.7 Å². The summed E-state index contributed by atoms with van der Waals surface area (Å²) in [7, 11) is 1.74. The first-order chi connectivity index (χ1) is 10.1. The molecule has 1 unspecified atom stereocenters. The van der Waals surface area contributed by atoms with E-state index in [0.717, 1.165) is 28.6 Å². The van der Waals surface area contributed by atoms with Gasteiger partial charge in [-0.25, -0.2) is 0 Å². The van der Waals surface area contributed by atoms with Crippen molar-refractivity contribution in [1.29, 1.82) is 0 Å². The lowest BCUT2D eigenvalue weighted by atomic mass is 10.1. The van der Waals surface area contributed by atoms with Crippen molar-refractivity contribution in [2.75, 3.05) is 31.4 Å². The molecule has 0 saturated heterocycles. The fourth-order valence-electron chi connectivity index (χ4n) is 2.74. The molecule has 1 aliphatic carbocycles. The summed E-state index contributed by atoms with van der Waals surface area (Å²) in [5.74, 6) is 0.777. The maximum Gasteiger partial charge on any atom is 0.107 e. The van der Waals surface area contributed by atoms with Crippen LogP contribution < -0.4 is 10.6 Å². The highest BCUT2D eigenvalue weighted by Crippen LogP contribution is 2.39. The molecular weight excluding hydrogens is 300 g/mol. The number of hydrogen-bond donors (Lipinski definition) is 1. The van der Waals surface area contributed by atoms with E-state index in [-0.39, 0.29) is 0 Å². The molecule has 0 aromatic heterocycles. The Bertz CT molecular complexity index is 503. The Labute approximate surface area is 137 Å². The molecule has 5 heteroatoms. The molecule has 3 nitrogen and oxygen atoms in total. The average molecular weight is 325 g/mol. The van der Waals surface area contributed by atoms with Gasteiger partial charge >= 0.3 is 0 Å². The molecule has 0 spiro atoms. The minimum Gasteiger partial charge on any atom is -0.389 e. The molecule has 1 saturated carbocycles. The molecule has 1 aliphatic rings. The van der Waals surface area contributed by atoms with Gasteiger partial charge in [0.25, 0.3) is 0 Å². The number of thiocarbonyl (C=S) groups is 1. The zero-order valence-electron chi connectivity index (χ0n) is 13.0. The zero-order valence-corrected chi connectivity index (χ0v) is 14.6. The average Bonchev–Trinajstić information content (AvgIpc) is 3.31. The summed E-state index contributed by atoms with van der Waals surface area (Å²) in [6, 6.07) is 6.79. The van der Waals surface area contributed by atoms with Crippen LogP contribution in [-0.2, 0) is 4.74 Å². The standard InChI is InChI=1S/C16H24N2OS2/c1-11(12-7-8-12)18(9-10-19-2)13-5-4-6-14(21-3)15(13)16(17)20/h4-6,11-12H,7-10H2,1-3H3,(H2,17,20). The van der Waals surface area contributed by atoms with Crippen LogP contribution in [0.25, 0.3) is 0 Å². The van der Waals surface area contributed by atoms with Gasteiger partial charge in [0.05, 0.1) is 6.61 Å². The molecular formula is C16H24N2OS2. The van der Waals surface area contributed by atoms with Crippen molar-refractivity contribution in [3.8, 4) is 0 Å². The molecule has 0 bridgehead atoms. The third kappa shape index (κ3) is 3.90. The predicted octanol–water partition coefficient (Wildman–Crippen LogP) is 3.29. The van der Waals surface area contributed by atoms with Gasteiger partial charge in [-0.1, -0.05) is 18.3 Å². The summed E-state index contributed by atoms with van der Waals surface area (Å²) >= 11 is 7.00. The molecule has 0 heterocycles. The van der Waals surface area contributed by atoms with E-state index in [9.17, 15) is 0 Å². The minimum absolute atomic E-state index is 0.473. The molecule has 2 rings (SSSR count). The largest absolute Gasteiger partial charge is 0.389 e. The van der Waals surface area contributed by atoms with Crippen molar-refractivity contribution in [3.05, 3.63) is 23.8 Å². The first-order valence-corrected chi connectivity index (χ1v) is 8.95. The Morgan fingerprint density at radius 3 is 2.76 bits per heavy atom. The molecule has 116 valence electrons. The summed E-state index contributed by atoms with van der Waals surface area (Å²) < 4.78 is 5.29. The lowest BCUT2D eigenvalue weighted by molar-refractivity contribution is 0.202. The van der Waals surface area contributed by atoms with Crippen molar-refractivity contribution in [2.45, 2.75) is 30.7 Å². The second-order valence-electron chi connectivity index (χ2n) is 5.48. The number of benzene rings is 1. The highest BCUT2D eigenvalue weighted by Gasteiger charge is 2.33. The lowest BCUT2D eigenvalue weighted by Crippen LogP contribution is -2.38. The van der Waals surface area contributed by atoms with Crippen LogP contribution in [0.4, 0.5) is 5.69 Å². The van der Waals surface area contributed by atoms with Crippen LogP contribution >= 0.6 is 24.0 Å². The molecule has 0 aliphatic heterocycles. The van der Waals surface area contributed by atoms with E-state index < -0.39 is 0 Å². The van der Waals surface area contributed by atoms with Gasteiger partial charge in [-0.2, -0.15) is 0 Å².